The number of aliphatic hydroxyl groups is 1. The maximum atomic E-state index is 13.9. The molecule has 0 aromatic carbocycles. The lowest BCUT2D eigenvalue weighted by Crippen LogP contribution is -2.37. The molecule has 1 atom stereocenters. The third kappa shape index (κ3) is 46.0. The molecule has 416 valence electrons. The van der Waals surface area contributed by atoms with Crippen molar-refractivity contribution in [3.8, 4) is 0 Å². The normalized spacial score (nSPS) is 12.2. The molecule has 0 saturated carbocycles. The second kappa shape index (κ2) is 52.0. The van der Waals surface area contributed by atoms with E-state index in [0.717, 1.165) is 199 Å². The molecule has 0 bridgehead atoms. The van der Waals surface area contributed by atoms with Crippen LogP contribution in [-0.2, 0) is 23.8 Å². The average Bonchev–Trinajstić information content (AvgIpc) is 3.33. The fourth-order valence-corrected chi connectivity index (χ4v) is 9.71. The topological polar surface area (TPSA) is 106 Å². The summed E-state index contributed by atoms with van der Waals surface area (Å²) in [5, 5.41) is 10.5. The number of hydrogen-bond acceptors (Lipinski definition) is 8. The number of aliphatic hydroxyl groups excluding tert-OH is 1. The van der Waals surface area contributed by atoms with Gasteiger partial charge in [0.1, 0.15) is 18.3 Å². The SMILES string of the molecule is CCCCCCC(CCCCCC)OC(=O)CCCCCCCCC(CCCCCCCCC(=O)OC(CCCCCC)CCCCCC)OC(=O)N(CCCCC(O)CCCCC)CCCN(C)C. The van der Waals surface area contributed by atoms with Gasteiger partial charge in [0.2, 0.25) is 0 Å². The van der Waals surface area contributed by atoms with Crippen LogP contribution in [0.2, 0.25) is 0 Å². The molecule has 0 radical (unpaired) electrons. The van der Waals surface area contributed by atoms with Crippen molar-refractivity contribution in [3.63, 3.8) is 0 Å². The summed E-state index contributed by atoms with van der Waals surface area (Å²) in [5.41, 5.74) is 0. The molecule has 1 amide bonds. The smallest absolute Gasteiger partial charge is 0.410 e. The van der Waals surface area contributed by atoms with Gasteiger partial charge >= 0.3 is 18.0 Å². The van der Waals surface area contributed by atoms with E-state index >= 15 is 0 Å². The van der Waals surface area contributed by atoms with Gasteiger partial charge in [0.15, 0.2) is 0 Å². The molecule has 1 N–H and O–H groups in total. The number of ether oxygens (including phenoxy) is 3. The van der Waals surface area contributed by atoms with Crippen LogP contribution in [-0.4, -0.2) is 91.1 Å². The molecule has 0 aliphatic heterocycles. The maximum absolute atomic E-state index is 13.9. The first-order chi connectivity index (χ1) is 34.1. The highest BCUT2D eigenvalue weighted by atomic mass is 16.6. The highest BCUT2D eigenvalue weighted by Crippen LogP contribution is 2.22. The van der Waals surface area contributed by atoms with Gasteiger partial charge in [0.25, 0.3) is 0 Å². The van der Waals surface area contributed by atoms with Gasteiger partial charge in [-0.15, -0.1) is 0 Å². The van der Waals surface area contributed by atoms with Gasteiger partial charge in [-0.2, -0.15) is 0 Å². The Morgan fingerprint density at radius 2 is 0.629 bits per heavy atom. The van der Waals surface area contributed by atoms with Gasteiger partial charge in [-0.05, 0) is 143 Å². The van der Waals surface area contributed by atoms with E-state index in [1.165, 1.54) is 77.0 Å². The minimum absolute atomic E-state index is 0.0126. The molecule has 70 heavy (non-hydrogen) atoms. The molecule has 1 unspecified atom stereocenters. The van der Waals surface area contributed by atoms with Crippen LogP contribution in [0.15, 0.2) is 0 Å². The van der Waals surface area contributed by atoms with E-state index in [0.29, 0.717) is 25.9 Å². The molecule has 9 heteroatoms. The fourth-order valence-electron chi connectivity index (χ4n) is 9.71. The van der Waals surface area contributed by atoms with E-state index in [-0.39, 0.29) is 42.4 Å². The lowest BCUT2D eigenvalue weighted by atomic mass is 10.0. The predicted octanol–water partition coefficient (Wildman–Crippen LogP) is 17.8. The lowest BCUT2D eigenvalue weighted by molar-refractivity contribution is -0.151. The average molecular weight is 994 g/mol. The van der Waals surface area contributed by atoms with Crippen LogP contribution in [0.3, 0.4) is 0 Å². The first kappa shape index (κ1) is 68.1. The van der Waals surface area contributed by atoms with Crippen LogP contribution in [0.1, 0.15) is 317 Å². The summed E-state index contributed by atoms with van der Waals surface area (Å²) < 4.78 is 18.4. The number of carbonyl (C=O) groups is 3. The highest BCUT2D eigenvalue weighted by Gasteiger charge is 2.21. The molecule has 9 nitrogen and oxygen atoms in total. The molecule has 0 aromatic rings. The van der Waals surface area contributed by atoms with E-state index < -0.39 is 0 Å². The van der Waals surface area contributed by atoms with Crippen LogP contribution < -0.4 is 0 Å². The monoisotopic (exact) mass is 993 g/mol. The van der Waals surface area contributed by atoms with E-state index in [4.69, 9.17) is 14.2 Å². The van der Waals surface area contributed by atoms with Crippen LogP contribution in [0.4, 0.5) is 4.79 Å². The lowest BCUT2D eigenvalue weighted by Gasteiger charge is -2.26. The molecule has 0 spiro atoms. The number of esters is 2. The first-order valence-corrected chi connectivity index (χ1v) is 30.8. The fraction of sp³-hybridized carbons (Fsp3) is 0.951. The van der Waals surface area contributed by atoms with E-state index in [1.807, 2.05) is 4.90 Å². The zero-order chi connectivity index (χ0) is 51.6. The van der Waals surface area contributed by atoms with Crippen LogP contribution in [0.5, 0.6) is 0 Å². The first-order valence-electron chi connectivity index (χ1n) is 30.8. The Morgan fingerprint density at radius 3 is 1.00 bits per heavy atom. The van der Waals surface area contributed by atoms with Crippen LogP contribution >= 0.6 is 0 Å². The Labute approximate surface area is 435 Å². The summed E-state index contributed by atoms with van der Waals surface area (Å²) in [6.45, 7) is 13.4. The largest absolute Gasteiger partial charge is 0.462 e. The van der Waals surface area contributed by atoms with Crippen molar-refractivity contribution in [2.75, 3.05) is 33.7 Å². The Morgan fingerprint density at radius 1 is 0.343 bits per heavy atom. The van der Waals surface area contributed by atoms with Gasteiger partial charge in [0.05, 0.1) is 6.10 Å². The van der Waals surface area contributed by atoms with E-state index in [1.54, 1.807) is 0 Å². The van der Waals surface area contributed by atoms with Crippen molar-refractivity contribution in [2.24, 2.45) is 0 Å². The van der Waals surface area contributed by atoms with E-state index in [9.17, 15) is 19.5 Å². The van der Waals surface area contributed by atoms with Crippen molar-refractivity contribution in [1.29, 1.82) is 0 Å². The summed E-state index contributed by atoms with van der Waals surface area (Å²) >= 11 is 0. The molecule has 0 saturated heterocycles. The quantitative estimate of drug-likeness (QED) is 0.0365. The maximum Gasteiger partial charge on any atom is 0.410 e. The highest BCUT2D eigenvalue weighted by molar-refractivity contribution is 5.70. The third-order valence-electron chi connectivity index (χ3n) is 14.3. The van der Waals surface area contributed by atoms with Crippen molar-refractivity contribution in [1.82, 2.24) is 9.80 Å². The summed E-state index contributed by atoms with van der Waals surface area (Å²) in [7, 11) is 4.15. The molecule has 0 heterocycles. The standard InChI is InChI=1S/C61H120N2O7/c1-8-13-18-31-44-56(45-32-19-14-9-2)68-59(65)50-37-28-24-22-26-35-48-58(70-61(67)63(54-41-52-62(6)7)53-40-39-43-55(64)42-30-17-12-5)49-36-27-23-25-29-38-51-60(66)69-57(46-33-20-15-10-3)47-34-21-16-11-4/h55-58,64H,8-54H2,1-7H3. The second-order valence-electron chi connectivity index (χ2n) is 21.7. The number of amides is 1. The second-order valence-corrected chi connectivity index (χ2v) is 21.7. The summed E-state index contributed by atoms with van der Waals surface area (Å²) in [6.07, 6.45) is 46.3. The predicted molar refractivity (Wildman–Crippen MR) is 298 cm³/mol. The van der Waals surface area contributed by atoms with Crippen molar-refractivity contribution >= 4 is 18.0 Å². The van der Waals surface area contributed by atoms with Gasteiger partial charge in [-0.25, -0.2) is 4.79 Å². The van der Waals surface area contributed by atoms with E-state index in [2.05, 4.69) is 53.6 Å². The third-order valence-corrected chi connectivity index (χ3v) is 14.3. The Balaban J connectivity index is 5.14. The van der Waals surface area contributed by atoms with Gasteiger partial charge in [0, 0.05) is 25.9 Å². The van der Waals surface area contributed by atoms with Crippen molar-refractivity contribution in [3.05, 3.63) is 0 Å². The molecule has 0 aromatic heterocycles. The van der Waals surface area contributed by atoms with Crippen molar-refractivity contribution in [2.45, 2.75) is 342 Å². The van der Waals surface area contributed by atoms with Crippen LogP contribution in [0, 0.1) is 0 Å². The van der Waals surface area contributed by atoms with Crippen molar-refractivity contribution < 1.29 is 33.7 Å². The minimum atomic E-state index is -0.252. The number of hydrogen-bond donors (Lipinski definition) is 1. The molecule has 0 aliphatic carbocycles. The molecule has 0 rings (SSSR count). The molecular weight excluding hydrogens is 873 g/mol. The van der Waals surface area contributed by atoms with Crippen LogP contribution in [0.25, 0.3) is 0 Å². The zero-order valence-electron chi connectivity index (χ0n) is 47.8. The van der Waals surface area contributed by atoms with Gasteiger partial charge in [-0.3, -0.25) is 9.59 Å². The molecule has 0 aliphatic rings. The summed E-state index contributed by atoms with van der Waals surface area (Å²) in [6, 6.07) is 0. The summed E-state index contributed by atoms with van der Waals surface area (Å²) in [4.78, 5) is 43.6. The zero-order valence-corrected chi connectivity index (χ0v) is 47.8. The van der Waals surface area contributed by atoms with Gasteiger partial charge < -0.3 is 29.1 Å². The number of nitrogens with zero attached hydrogens (tertiary/aromatic N) is 2. The Hall–Kier alpha value is -1.87. The number of unbranched alkanes of at least 4 members (excludes halogenated alkanes) is 25. The van der Waals surface area contributed by atoms with Gasteiger partial charge in [-0.1, -0.05) is 182 Å². The Bertz CT molecular complexity index is 1050. The Kier molecular flexibility index (Phi) is 50.6. The molecule has 0 fully saturated rings. The summed E-state index contributed by atoms with van der Waals surface area (Å²) in [5.74, 6) is -0.0252. The molecular formula is C61H120N2O7. The number of rotatable bonds is 54. The minimum Gasteiger partial charge on any atom is -0.462 e. The number of carbonyl (C=O) groups excluding carboxylic acids is 3.